The highest BCUT2D eigenvalue weighted by Crippen LogP contribution is 2.29. The van der Waals surface area contributed by atoms with E-state index in [1.54, 1.807) is 55.5 Å². The monoisotopic (exact) mass is 404 g/mol. The van der Waals surface area contributed by atoms with Gasteiger partial charge in [0.15, 0.2) is 0 Å². The van der Waals surface area contributed by atoms with Gasteiger partial charge in [-0.05, 0) is 54.5 Å². The number of hydrogen-bond acceptors (Lipinski definition) is 3. The van der Waals surface area contributed by atoms with Gasteiger partial charge in [0.25, 0.3) is 0 Å². The van der Waals surface area contributed by atoms with Crippen LogP contribution in [0, 0.1) is 17.1 Å². The second-order valence-corrected chi connectivity index (χ2v) is 7.12. The molecule has 0 saturated heterocycles. The van der Waals surface area contributed by atoms with Gasteiger partial charge in [-0.15, -0.1) is 0 Å². The van der Waals surface area contributed by atoms with Crippen LogP contribution in [0.2, 0.25) is 0 Å². The van der Waals surface area contributed by atoms with Gasteiger partial charge in [-0.1, -0.05) is 36.4 Å². The molecule has 30 heavy (non-hydrogen) atoms. The predicted molar refractivity (Wildman–Crippen MR) is 113 cm³/mol. The average molecular weight is 404 g/mol. The van der Waals surface area contributed by atoms with Crippen molar-refractivity contribution in [1.82, 2.24) is 0 Å². The fourth-order valence-electron chi connectivity index (χ4n) is 3.46. The van der Waals surface area contributed by atoms with Crippen LogP contribution in [-0.4, -0.2) is 17.0 Å². The van der Waals surface area contributed by atoms with Gasteiger partial charge < -0.3 is 10.4 Å². The zero-order valence-corrected chi connectivity index (χ0v) is 16.5. The molecule has 0 radical (unpaired) electrons. The van der Waals surface area contributed by atoms with Crippen molar-refractivity contribution in [3.63, 3.8) is 0 Å². The molecule has 1 atom stereocenters. The maximum Gasteiger partial charge on any atom is 0.303 e. The van der Waals surface area contributed by atoms with Crippen LogP contribution in [0.15, 0.2) is 54.6 Å². The largest absolute Gasteiger partial charge is 0.481 e. The minimum Gasteiger partial charge on any atom is -0.481 e. The molecule has 5 nitrogen and oxygen atoms in total. The minimum atomic E-state index is -0.883. The minimum absolute atomic E-state index is 0.0192. The van der Waals surface area contributed by atoms with E-state index in [9.17, 15) is 19.2 Å². The van der Waals surface area contributed by atoms with Crippen molar-refractivity contribution in [1.29, 1.82) is 5.26 Å². The zero-order valence-electron chi connectivity index (χ0n) is 16.5. The Balaban J connectivity index is 1.87. The molecule has 1 amide bonds. The average Bonchev–Trinajstić information content (AvgIpc) is 2.74. The molecule has 0 bridgehead atoms. The predicted octanol–water partition coefficient (Wildman–Crippen LogP) is 5.00. The number of anilines is 1. The normalized spacial score (nSPS) is 11.6. The number of nitriles is 1. The maximum absolute atomic E-state index is 14.1. The smallest absolute Gasteiger partial charge is 0.303 e. The van der Waals surface area contributed by atoms with Crippen molar-refractivity contribution in [2.24, 2.45) is 0 Å². The van der Waals surface area contributed by atoms with Crippen LogP contribution in [0.5, 0.6) is 0 Å². The van der Waals surface area contributed by atoms with Crippen LogP contribution in [0.3, 0.4) is 0 Å². The highest BCUT2D eigenvalue weighted by atomic mass is 19.1. The van der Waals surface area contributed by atoms with E-state index in [2.05, 4.69) is 5.32 Å². The van der Waals surface area contributed by atoms with Gasteiger partial charge in [0.05, 0.1) is 17.6 Å². The number of halogens is 1. The molecule has 1 unspecified atom stereocenters. The van der Waals surface area contributed by atoms with E-state index >= 15 is 0 Å². The molecule has 3 aromatic carbocycles. The fourth-order valence-corrected chi connectivity index (χ4v) is 3.46. The van der Waals surface area contributed by atoms with Gasteiger partial charge in [-0.3, -0.25) is 9.59 Å². The van der Waals surface area contributed by atoms with Crippen molar-refractivity contribution in [3.8, 4) is 6.07 Å². The number of carbonyl (C=O) groups is 2. The topological polar surface area (TPSA) is 90.2 Å². The number of carbonyl (C=O) groups excluding carboxylic acids is 1. The Labute approximate surface area is 173 Å². The second-order valence-electron chi connectivity index (χ2n) is 7.12. The molecule has 3 rings (SSSR count). The molecular weight excluding hydrogens is 383 g/mol. The molecule has 0 saturated carbocycles. The van der Waals surface area contributed by atoms with Gasteiger partial charge in [0, 0.05) is 17.5 Å². The molecule has 152 valence electrons. The number of benzene rings is 3. The first kappa shape index (κ1) is 21.0. The van der Waals surface area contributed by atoms with Crippen LogP contribution in [-0.2, 0) is 16.0 Å². The first-order valence-corrected chi connectivity index (χ1v) is 9.63. The molecule has 0 spiro atoms. The molecule has 0 aromatic heterocycles. The van der Waals surface area contributed by atoms with Crippen molar-refractivity contribution in [2.75, 3.05) is 5.32 Å². The molecule has 0 aliphatic carbocycles. The van der Waals surface area contributed by atoms with Gasteiger partial charge in [-0.2, -0.15) is 5.26 Å². The molecular formula is C24H21FN2O3. The van der Waals surface area contributed by atoms with Crippen LogP contribution >= 0.6 is 0 Å². The van der Waals surface area contributed by atoms with Crippen molar-refractivity contribution >= 4 is 28.3 Å². The molecule has 0 aliphatic heterocycles. The quantitative estimate of drug-likeness (QED) is 0.580. The molecule has 0 heterocycles. The Bertz CT molecular complexity index is 1150. The zero-order chi connectivity index (χ0) is 21.7. The Morgan fingerprint density at radius 2 is 1.87 bits per heavy atom. The molecule has 2 N–H and O–H groups in total. The standard InChI is InChI=1S/C24H21FN2O3/c1-15(18-11-12-21(25)20-7-3-2-6-19(18)20)24(30)27-22-13-16(14-26)9-10-17(22)5-4-8-23(28)29/h2-3,6-7,9-13,15H,4-5,8H2,1H3,(H,27,30)(H,28,29). The summed E-state index contributed by atoms with van der Waals surface area (Å²) in [5.41, 5.74) is 2.35. The van der Waals surface area contributed by atoms with E-state index in [0.29, 0.717) is 40.4 Å². The summed E-state index contributed by atoms with van der Waals surface area (Å²) in [7, 11) is 0. The van der Waals surface area contributed by atoms with Crippen LogP contribution < -0.4 is 5.32 Å². The van der Waals surface area contributed by atoms with Crippen molar-refractivity contribution < 1.29 is 19.1 Å². The van der Waals surface area contributed by atoms with E-state index in [-0.39, 0.29) is 18.1 Å². The Hall–Kier alpha value is -3.72. The van der Waals surface area contributed by atoms with E-state index in [1.165, 1.54) is 6.07 Å². The number of fused-ring (bicyclic) bond motifs is 1. The lowest BCUT2D eigenvalue weighted by molar-refractivity contribution is -0.137. The summed E-state index contributed by atoms with van der Waals surface area (Å²) < 4.78 is 14.1. The maximum atomic E-state index is 14.1. The summed E-state index contributed by atoms with van der Waals surface area (Å²) in [6.45, 7) is 1.74. The lowest BCUT2D eigenvalue weighted by Crippen LogP contribution is -2.20. The number of carboxylic acids is 1. The fraction of sp³-hybridized carbons (Fsp3) is 0.208. The summed E-state index contributed by atoms with van der Waals surface area (Å²) in [5, 5.41) is 22.0. The lowest BCUT2D eigenvalue weighted by Gasteiger charge is -2.17. The number of carboxylic acid groups (broad SMARTS) is 1. The van der Waals surface area contributed by atoms with E-state index in [1.807, 2.05) is 6.07 Å². The van der Waals surface area contributed by atoms with Crippen LogP contribution in [0.25, 0.3) is 10.8 Å². The Morgan fingerprint density at radius 1 is 1.13 bits per heavy atom. The SMILES string of the molecule is CC(C(=O)Nc1cc(C#N)ccc1CCCC(=O)O)c1ccc(F)c2ccccc12. The van der Waals surface area contributed by atoms with Crippen LogP contribution in [0.1, 0.15) is 42.4 Å². The van der Waals surface area contributed by atoms with Crippen LogP contribution in [0.4, 0.5) is 10.1 Å². The van der Waals surface area contributed by atoms with Crippen molar-refractivity contribution in [2.45, 2.75) is 32.1 Å². The number of nitrogens with one attached hydrogen (secondary N) is 1. The lowest BCUT2D eigenvalue weighted by atomic mass is 9.93. The molecule has 0 aliphatic rings. The number of hydrogen-bond donors (Lipinski definition) is 2. The van der Waals surface area contributed by atoms with Gasteiger partial charge in [0.1, 0.15) is 5.82 Å². The molecule has 0 fully saturated rings. The number of aryl methyl sites for hydroxylation is 1. The Morgan fingerprint density at radius 3 is 2.57 bits per heavy atom. The summed E-state index contributed by atoms with van der Waals surface area (Å²) in [4.78, 5) is 23.8. The third-order valence-electron chi connectivity index (χ3n) is 5.10. The third-order valence-corrected chi connectivity index (χ3v) is 5.10. The summed E-state index contributed by atoms with van der Waals surface area (Å²) >= 11 is 0. The van der Waals surface area contributed by atoms with E-state index in [4.69, 9.17) is 5.11 Å². The molecule has 3 aromatic rings. The Kier molecular flexibility index (Phi) is 6.43. The first-order valence-electron chi connectivity index (χ1n) is 9.63. The number of nitrogens with zero attached hydrogens (tertiary/aromatic N) is 1. The summed E-state index contributed by atoms with van der Waals surface area (Å²) in [5.74, 6) is -2.08. The van der Waals surface area contributed by atoms with Gasteiger partial charge in [0.2, 0.25) is 5.91 Å². The number of amides is 1. The summed E-state index contributed by atoms with van der Waals surface area (Å²) in [6, 6.07) is 17.0. The first-order chi connectivity index (χ1) is 14.4. The number of aliphatic carboxylic acids is 1. The highest BCUT2D eigenvalue weighted by molar-refractivity contribution is 6.00. The van der Waals surface area contributed by atoms with Gasteiger partial charge >= 0.3 is 5.97 Å². The highest BCUT2D eigenvalue weighted by Gasteiger charge is 2.20. The molecule has 6 heteroatoms. The van der Waals surface area contributed by atoms with E-state index < -0.39 is 11.9 Å². The summed E-state index contributed by atoms with van der Waals surface area (Å²) in [6.07, 6.45) is 0.898. The van der Waals surface area contributed by atoms with Crippen molar-refractivity contribution in [3.05, 3.63) is 77.1 Å². The number of rotatable bonds is 7. The second kappa shape index (κ2) is 9.19. The van der Waals surface area contributed by atoms with E-state index in [0.717, 1.165) is 5.56 Å². The third kappa shape index (κ3) is 4.64. The van der Waals surface area contributed by atoms with Gasteiger partial charge in [-0.25, -0.2) is 4.39 Å².